The molecule has 106 valence electrons. The summed E-state index contributed by atoms with van der Waals surface area (Å²) in [4.78, 5) is 13.2. The molecule has 1 aromatic rings. The van der Waals surface area contributed by atoms with Gasteiger partial charge in [0, 0.05) is 11.1 Å². The van der Waals surface area contributed by atoms with Crippen LogP contribution in [0.4, 0.5) is 0 Å². The molecule has 1 atom stereocenters. The lowest BCUT2D eigenvalue weighted by Gasteiger charge is -2.28. The molecule has 19 heavy (non-hydrogen) atoms. The van der Waals surface area contributed by atoms with Crippen molar-refractivity contribution in [1.82, 2.24) is 4.90 Å². The molecule has 0 fully saturated rings. The molecule has 0 saturated heterocycles. The first kappa shape index (κ1) is 16.0. The molecule has 1 aromatic carbocycles. The quantitative estimate of drug-likeness (QED) is 0.834. The van der Waals surface area contributed by atoms with Gasteiger partial charge in [0.25, 0.3) is 0 Å². The van der Waals surface area contributed by atoms with Crippen LogP contribution in [0.1, 0.15) is 31.4 Å². The molecule has 0 heterocycles. The molecule has 1 N–H and O–H groups in total. The van der Waals surface area contributed by atoms with Crippen LogP contribution in [0.2, 0.25) is 5.02 Å². The maximum Gasteiger partial charge on any atom is 0.304 e. The lowest BCUT2D eigenvalue weighted by molar-refractivity contribution is -0.138. The number of likely N-dealkylation sites (N-methyl/N-ethyl adjacent to an activating group) is 1. The van der Waals surface area contributed by atoms with E-state index in [0.29, 0.717) is 0 Å². The fraction of sp³-hybridized carbons (Fsp3) is 0.533. The molecular weight excluding hydrogens is 262 g/mol. The summed E-state index contributed by atoms with van der Waals surface area (Å²) in [6, 6.07) is 5.94. The zero-order valence-corrected chi connectivity index (χ0v) is 12.6. The minimum absolute atomic E-state index is 0.0353. The molecule has 1 unspecified atom stereocenters. The van der Waals surface area contributed by atoms with E-state index >= 15 is 0 Å². The Morgan fingerprint density at radius 3 is 2.47 bits per heavy atom. The standard InChI is InChI=1S/C15H22ClNO2/c1-4-17(5-2)13(10-15(18)19)9-12-6-7-14(16)11(3)8-12/h6-8,13H,4-5,9-10H2,1-3H3,(H,18,19). The predicted molar refractivity (Wildman–Crippen MR) is 78.9 cm³/mol. The number of halogens is 1. The number of aliphatic carboxylic acids is 1. The van der Waals surface area contributed by atoms with Crippen LogP contribution in [0.5, 0.6) is 0 Å². The highest BCUT2D eigenvalue weighted by Gasteiger charge is 2.19. The predicted octanol–water partition coefficient (Wildman–Crippen LogP) is 3.38. The van der Waals surface area contributed by atoms with Crippen LogP contribution in [-0.2, 0) is 11.2 Å². The molecule has 1 rings (SSSR count). The Morgan fingerprint density at radius 2 is 2.00 bits per heavy atom. The summed E-state index contributed by atoms with van der Waals surface area (Å²) in [7, 11) is 0. The van der Waals surface area contributed by atoms with Crippen LogP contribution >= 0.6 is 11.6 Å². The third-order valence-electron chi connectivity index (χ3n) is 3.43. The molecule has 0 aromatic heterocycles. The molecule has 4 heteroatoms. The van der Waals surface area contributed by atoms with Gasteiger partial charge < -0.3 is 10.0 Å². The number of hydrogen-bond acceptors (Lipinski definition) is 2. The summed E-state index contributed by atoms with van der Waals surface area (Å²) in [5, 5.41) is 9.80. The summed E-state index contributed by atoms with van der Waals surface area (Å²) in [5.74, 6) is -0.748. The second-order valence-electron chi connectivity index (χ2n) is 4.76. The average molecular weight is 284 g/mol. The summed E-state index contributed by atoms with van der Waals surface area (Å²) < 4.78 is 0. The second-order valence-corrected chi connectivity index (χ2v) is 5.17. The van der Waals surface area contributed by atoms with E-state index in [4.69, 9.17) is 16.7 Å². The van der Waals surface area contributed by atoms with Gasteiger partial charge in [0.1, 0.15) is 0 Å². The van der Waals surface area contributed by atoms with Crippen molar-refractivity contribution in [2.45, 2.75) is 39.7 Å². The molecular formula is C15H22ClNO2. The van der Waals surface area contributed by atoms with Crippen LogP contribution in [-0.4, -0.2) is 35.1 Å². The first-order valence-electron chi connectivity index (χ1n) is 6.68. The van der Waals surface area contributed by atoms with E-state index in [2.05, 4.69) is 18.7 Å². The number of carboxylic acids is 1. The Labute approximate surface area is 120 Å². The number of aryl methyl sites for hydroxylation is 1. The summed E-state index contributed by atoms with van der Waals surface area (Å²) in [5.41, 5.74) is 2.17. The number of hydrogen-bond donors (Lipinski definition) is 1. The fourth-order valence-electron chi connectivity index (χ4n) is 2.38. The van der Waals surface area contributed by atoms with Crippen molar-refractivity contribution >= 4 is 17.6 Å². The topological polar surface area (TPSA) is 40.5 Å². The molecule has 0 radical (unpaired) electrons. The lowest BCUT2D eigenvalue weighted by atomic mass is 10.00. The zero-order chi connectivity index (χ0) is 14.4. The minimum atomic E-state index is -0.748. The van der Waals surface area contributed by atoms with E-state index < -0.39 is 5.97 Å². The van der Waals surface area contributed by atoms with Gasteiger partial charge >= 0.3 is 5.97 Å². The first-order chi connectivity index (χ1) is 8.97. The third kappa shape index (κ3) is 4.84. The molecule has 0 aliphatic heterocycles. The Kier molecular flexibility index (Phi) is 6.32. The van der Waals surface area contributed by atoms with Crippen molar-refractivity contribution in [3.63, 3.8) is 0 Å². The van der Waals surface area contributed by atoms with Gasteiger partial charge in [0.05, 0.1) is 6.42 Å². The largest absolute Gasteiger partial charge is 0.481 e. The summed E-state index contributed by atoms with van der Waals surface area (Å²) in [6.45, 7) is 7.81. The first-order valence-corrected chi connectivity index (χ1v) is 7.06. The lowest BCUT2D eigenvalue weighted by Crippen LogP contribution is -2.38. The van der Waals surface area contributed by atoms with Crippen LogP contribution < -0.4 is 0 Å². The molecule has 3 nitrogen and oxygen atoms in total. The number of benzene rings is 1. The fourth-order valence-corrected chi connectivity index (χ4v) is 2.50. The van der Waals surface area contributed by atoms with Crippen LogP contribution in [0.15, 0.2) is 18.2 Å². The average Bonchev–Trinajstić information content (AvgIpc) is 2.34. The number of nitrogens with zero attached hydrogens (tertiary/aromatic N) is 1. The maximum absolute atomic E-state index is 11.0. The van der Waals surface area contributed by atoms with Gasteiger partial charge in [-0.1, -0.05) is 37.6 Å². The van der Waals surface area contributed by atoms with Gasteiger partial charge in [0.2, 0.25) is 0 Å². The zero-order valence-electron chi connectivity index (χ0n) is 11.8. The monoisotopic (exact) mass is 283 g/mol. The van der Waals surface area contributed by atoms with Gasteiger partial charge in [-0.25, -0.2) is 0 Å². The molecule has 0 aliphatic rings. The highest BCUT2D eigenvalue weighted by molar-refractivity contribution is 6.31. The number of rotatable bonds is 7. The molecule has 0 saturated carbocycles. The van der Waals surface area contributed by atoms with E-state index in [1.165, 1.54) is 0 Å². The van der Waals surface area contributed by atoms with Gasteiger partial charge in [0.15, 0.2) is 0 Å². The Morgan fingerprint density at radius 1 is 1.37 bits per heavy atom. The summed E-state index contributed by atoms with van der Waals surface area (Å²) in [6.07, 6.45) is 0.912. The third-order valence-corrected chi connectivity index (χ3v) is 3.86. The van der Waals surface area contributed by atoms with Crippen LogP contribution in [0, 0.1) is 6.92 Å². The van der Waals surface area contributed by atoms with Gasteiger partial charge in [-0.05, 0) is 43.6 Å². The van der Waals surface area contributed by atoms with E-state index in [-0.39, 0.29) is 12.5 Å². The van der Waals surface area contributed by atoms with Gasteiger partial charge in [-0.15, -0.1) is 0 Å². The van der Waals surface area contributed by atoms with Crippen molar-refractivity contribution < 1.29 is 9.90 Å². The molecule has 0 aliphatic carbocycles. The summed E-state index contributed by atoms with van der Waals surface area (Å²) >= 11 is 6.01. The Bertz CT molecular complexity index is 430. The molecule has 0 amide bonds. The normalized spacial score (nSPS) is 12.7. The van der Waals surface area contributed by atoms with Crippen molar-refractivity contribution in [1.29, 1.82) is 0 Å². The van der Waals surface area contributed by atoms with Crippen molar-refractivity contribution in [2.75, 3.05) is 13.1 Å². The Balaban J connectivity index is 2.86. The van der Waals surface area contributed by atoms with E-state index in [1.807, 2.05) is 25.1 Å². The molecule has 0 bridgehead atoms. The number of carbonyl (C=O) groups is 1. The smallest absolute Gasteiger partial charge is 0.304 e. The van der Waals surface area contributed by atoms with Crippen molar-refractivity contribution in [3.05, 3.63) is 34.3 Å². The number of carboxylic acid groups (broad SMARTS) is 1. The Hall–Kier alpha value is -1.06. The van der Waals surface area contributed by atoms with Crippen molar-refractivity contribution in [2.24, 2.45) is 0 Å². The maximum atomic E-state index is 11.0. The van der Waals surface area contributed by atoms with Crippen molar-refractivity contribution in [3.8, 4) is 0 Å². The SMILES string of the molecule is CCN(CC)C(CC(=O)O)Cc1ccc(Cl)c(C)c1. The van der Waals surface area contributed by atoms with Crippen LogP contribution in [0.3, 0.4) is 0 Å². The van der Waals surface area contributed by atoms with E-state index in [9.17, 15) is 4.79 Å². The minimum Gasteiger partial charge on any atom is -0.481 e. The highest BCUT2D eigenvalue weighted by atomic mass is 35.5. The van der Waals surface area contributed by atoms with Crippen LogP contribution in [0.25, 0.3) is 0 Å². The second kappa shape index (κ2) is 7.51. The molecule has 0 spiro atoms. The van der Waals surface area contributed by atoms with E-state index in [0.717, 1.165) is 35.7 Å². The highest BCUT2D eigenvalue weighted by Crippen LogP contribution is 2.19. The van der Waals surface area contributed by atoms with Gasteiger partial charge in [-0.3, -0.25) is 4.79 Å². The van der Waals surface area contributed by atoms with Gasteiger partial charge in [-0.2, -0.15) is 0 Å². The van der Waals surface area contributed by atoms with E-state index in [1.54, 1.807) is 0 Å².